The van der Waals surface area contributed by atoms with Gasteiger partial charge in [0, 0.05) is 12.2 Å². The smallest absolute Gasteiger partial charge is 0.331 e. The number of ether oxygens (including phenoxy) is 2. The zero-order valence-corrected chi connectivity index (χ0v) is 14.0. The van der Waals surface area contributed by atoms with Gasteiger partial charge >= 0.3 is 11.9 Å². The highest BCUT2D eigenvalue weighted by Crippen LogP contribution is 2.03. The summed E-state index contributed by atoms with van der Waals surface area (Å²) in [6.45, 7) is 1.67. The minimum atomic E-state index is -0.526. The number of hydrogen-bond acceptors (Lipinski definition) is 4. The second kappa shape index (κ2) is 9.88. The lowest BCUT2D eigenvalue weighted by atomic mass is 10.2. The van der Waals surface area contributed by atoms with E-state index in [1.54, 1.807) is 19.1 Å². The van der Waals surface area contributed by atoms with Gasteiger partial charge < -0.3 is 9.47 Å². The van der Waals surface area contributed by atoms with Crippen LogP contribution >= 0.6 is 0 Å². The minimum Gasteiger partial charge on any atom is -0.459 e. The molecule has 0 aliphatic rings. The van der Waals surface area contributed by atoms with E-state index < -0.39 is 18.0 Å². The normalized spacial score (nSPS) is 12.2. The Morgan fingerprint density at radius 2 is 1.32 bits per heavy atom. The average Bonchev–Trinajstić information content (AvgIpc) is 2.65. The number of hydrogen-bond donors (Lipinski definition) is 0. The standard InChI is InChI=1S/C21H20O4/c1-17(25-21(23)15-13-19-10-6-3-7-11-19)16-24-20(22)14-12-18-8-4-2-5-9-18/h2-15,17H,16H2,1H3/b14-12+,15-13+. The zero-order valence-electron chi connectivity index (χ0n) is 14.0. The van der Waals surface area contributed by atoms with Crippen molar-refractivity contribution < 1.29 is 19.1 Å². The van der Waals surface area contributed by atoms with Gasteiger partial charge in [-0.15, -0.1) is 0 Å². The van der Waals surface area contributed by atoms with E-state index in [4.69, 9.17) is 9.47 Å². The van der Waals surface area contributed by atoms with Crippen molar-refractivity contribution in [1.29, 1.82) is 0 Å². The van der Waals surface area contributed by atoms with Gasteiger partial charge in [0.1, 0.15) is 12.7 Å². The first-order valence-electron chi connectivity index (χ1n) is 7.97. The van der Waals surface area contributed by atoms with Crippen LogP contribution < -0.4 is 0 Å². The Labute approximate surface area is 147 Å². The lowest BCUT2D eigenvalue weighted by Crippen LogP contribution is -2.20. The van der Waals surface area contributed by atoms with Crippen LogP contribution in [0.3, 0.4) is 0 Å². The van der Waals surface area contributed by atoms with Gasteiger partial charge in [0.2, 0.25) is 0 Å². The van der Waals surface area contributed by atoms with E-state index in [2.05, 4.69) is 0 Å². The van der Waals surface area contributed by atoms with Crippen molar-refractivity contribution >= 4 is 24.1 Å². The summed E-state index contributed by atoms with van der Waals surface area (Å²) in [5, 5.41) is 0. The maximum absolute atomic E-state index is 11.7. The average molecular weight is 336 g/mol. The summed E-state index contributed by atoms with van der Waals surface area (Å²) in [5.74, 6) is -0.959. The van der Waals surface area contributed by atoms with E-state index in [0.29, 0.717) is 0 Å². The molecular weight excluding hydrogens is 316 g/mol. The van der Waals surface area contributed by atoms with Gasteiger partial charge in [0.25, 0.3) is 0 Å². The molecule has 0 heterocycles. The predicted molar refractivity (Wildman–Crippen MR) is 97.5 cm³/mol. The largest absolute Gasteiger partial charge is 0.459 e. The SMILES string of the molecule is CC(COC(=O)/C=C/c1ccccc1)OC(=O)/C=C/c1ccccc1. The van der Waals surface area contributed by atoms with Crippen LogP contribution in [0.25, 0.3) is 12.2 Å². The molecular formula is C21H20O4. The Kier molecular flexibility index (Phi) is 7.19. The first kappa shape index (κ1) is 18.2. The van der Waals surface area contributed by atoms with E-state index in [1.165, 1.54) is 12.2 Å². The molecule has 0 spiro atoms. The Morgan fingerprint density at radius 1 is 0.840 bits per heavy atom. The number of esters is 2. The molecule has 0 saturated heterocycles. The van der Waals surface area contributed by atoms with Crippen molar-refractivity contribution in [1.82, 2.24) is 0 Å². The fourth-order valence-electron chi connectivity index (χ4n) is 1.98. The fourth-order valence-corrected chi connectivity index (χ4v) is 1.98. The van der Waals surface area contributed by atoms with Crippen LogP contribution in [-0.4, -0.2) is 24.6 Å². The third-order valence-corrected chi connectivity index (χ3v) is 3.20. The Hall–Kier alpha value is -3.14. The summed E-state index contributed by atoms with van der Waals surface area (Å²) in [5.41, 5.74) is 1.81. The molecule has 0 bridgehead atoms. The van der Waals surface area contributed by atoms with Crippen molar-refractivity contribution in [3.63, 3.8) is 0 Å². The van der Waals surface area contributed by atoms with Crippen molar-refractivity contribution in [2.45, 2.75) is 13.0 Å². The van der Waals surface area contributed by atoms with Gasteiger partial charge in [-0.1, -0.05) is 60.7 Å². The van der Waals surface area contributed by atoms with Gasteiger partial charge in [-0.2, -0.15) is 0 Å². The number of carbonyl (C=O) groups is 2. The molecule has 2 aromatic rings. The van der Waals surface area contributed by atoms with Crippen molar-refractivity contribution in [3.8, 4) is 0 Å². The monoisotopic (exact) mass is 336 g/mol. The molecule has 0 radical (unpaired) electrons. The zero-order chi connectivity index (χ0) is 17.9. The maximum Gasteiger partial charge on any atom is 0.331 e. The summed E-state index contributed by atoms with van der Waals surface area (Å²) in [6.07, 6.45) is 5.51. The van der Waals surface area contributed by atoms with E-state index >= 15 is 0 Å². The highest BCUT2D eigenvalue weighted by molar-refractivity contribution is 5.88. The van der Waals surface area contributed by atoms with Gasteiger partial charge in [-0.3, -0.25) is 0 Å². The van der Waals surface area contributed by atoms with Crippen LogP contribution in [0.1, 0.15) is 18.1 Å². The van der Waals surface area contributed by atoms with Crippen LogP contribution in [0, 0.1) is 0 Å². The van der Waals surface area contributed by atoms with Crippen molar-refractivity contribution in [3.05, 3.63) is 83.9 Å². The fraction of sp³-hybridized carbons (Fsp3) is 0.143. The highest BCUT2D eigenvalue weighted by atomic mass is 16.6. The molecule has 0 aliphatic carbocycles. The van der Waals surface area contributed by atoms with E-state index in [-0.39, 0.29) is 6.61 Å². The van der Waals surface area contributed by atoms with E-state index in [9.17, 15) is 9.59 Å². The van der Waals surface area contributed by atoms with Crippen LogP contribution in [-0.2, 0) is 19.1 Å². The second-order valence-electron chi connectivity index (χ2n) is 5.37. The predicted octanol–water partition coefficient (Wildman–Crippen LogP) is 3.89. The molecule has 0 saturated carbocycles. The first-order valence-corrected chi connectivity index (χ1v) is 7.97. The molecule has 0 aromatic heterocycles. The van der Waals surface area contributed by atoms with Gasteiger partial charge in [0.15, 0.2) is 0 Å². The Morgan fingerprint density at radius 3 is 1.84 bits per heavy atom. The lowest BCUT2D eigenvalue weighted by molar-refractivity contribution is -0.151. The van der Waals surface area contributed by atoms with Crippen LogP contribution in [0.2, 0.25) is 0 Å². The molecule has 4 heteroatoms. The molecule has 25 heavy (non-hydrogen) atoms. The summed E-state index contributed by atoms with van der Waals surface area (Å²) < 4.78 is 10.2. The third-order valence-electron chi connectivity index (χ3n) is 3.20. The number of benzene rings is 2. The molecule has 2 rings (SSSR count). The van der Waals surface area contributed by atoms with Gasteiger partial charge in [-0.05, 0) is 30.2 Å². The quantitative estimate of drug-likeness (QED) is 0.569. The molecule has 0 aliphatic heterocycles. The van der Waals surface area contributed by atoms with Crippen LogP contribution in [0.5, 0.6) is 0 Å². The molecule has 2 aromatic carbocycles. The Bertz CT molecular complexity index is 733. The van der Waals surface area contributed by atoms with Crippen LogP contribution in [0.15, 0.2) is 72.8 Å². The van der Waals surface area contributed by atoms with Gasteiger partial charge in [0.05, 0.1) is 0 Å². The topological polar surface area (TPSA) is 52.6 Å². The lowest BCUT2D eigenvalue weighted by Gasteiger charge is -2.11. The molecule has 0 N–H and O–H groups in total. The van der Waals surface area contributed by atoms with Crippen molar-refractivity contribution in [2.75, 3.05) is 6.61 Å². The van der Waals surface area contributed by atoms with Crippen molar-refractivity contribution in [2.24, 2.45) is 0 Å². The molecule has 4 nitrogen and oxygen atoms in total. The molecule has 1 atom stereocenters. The molecule has 128 valence electrons. The summed E-state index contributed by atoms with van der Waals surface area (Å²) >= 11 is 0. The summed E-state index contributed by atoms with van der Waals surface area (Å²) in [4.78, 5) is 23.4. The second-order valence-corrected chi connectivity index (χ2v) is 5.37. The molecule has 0 fully saturated rings. The summed E-state index contributed by atoms with van der Waals surface area (Å²) in [7, 11) is 0. The number of carbonyl (C=O) groups excluding carboxylic acids is 2. The van der Waals surface area contributed by atoms with Gasteiger partial charge in [-0.25, -0.2) is 9.59 Å². The van der Waals surface area contributed by atoms with Crippen LogP contribution in [0.4, 0.5) is 0 Å². The van der Waals surface area contributed by atoms with E-state index in [0.717, 1.165) is 11.1 Å². The molecule has 0 amide bonds. The van der Waals surface area contributed by atoms with E-state index in [1.807, 2.05) is 60.7 Å². The summed E-state index contributed by atoms with van der Waals surface area (Å²) in [6, 6.07) is 18.9. The third kappa shape index (κ3) is 7.31. The maximum atomic E-state index is 11.7. The molecule has 1 unspecified atom stereocenters. The Balaban J connectivity index is 1.71. The first-order chi connectivity index (χ1) is 12.1. The highest BCUT2D eigenvalue weighted by Gasteiger charge is 2.09. The number of rotatable bonds is 7. The minimum absolute atomic E-state index is 0.00286.